The molecule has 0 aliphatic rings. The van der Waals surface area contributed by atoms with Crippen molar-refractivity contribution < 1.29 is 0 Å². The van der Waals surface area contributed by atoms with Gasteiger partial charge in [0.1, 0.15) is 5.69 Å². The number of aryl methyl sites for hydroxylation is 5. The Kier molecular flexibility index (Phi) is 4.33. The van der Waals surface area contributed by atoms with E-state index in [0.29, 0.717) is 0 Å². The Hall–Kier alpha value is -2.02. The summed E-state index contributed by atoms with van der Waals surface area (Å²) in [6.07, 6.45) is 7.71. The van der Waals surface area contributed by atoms with Crippen molar-refractivity contribution in [1.29, 1.82) is 0 Å². The monoisotopic (exact) mass is 316 g/mol. The molecule has 116 valence electrons. The van der Waals surface area contributed by atoms with Crippen LogP contribution in [-0.2, 0) is 19.5 Å². The molecule has 0 aromatic carbocycles. The molecule has 0 saturated heterocycles. The van der Waals surface area contributed by atoms with Crippen molar-refractivity contribution in [3.8, 4) is 11.5 Å². The van der Waals surface area contributed by atoms with Gasteiger partial charge in [0, 0.05) is 36.8 Å². The molecule has 3 aromatic heterocycles. The number of imidazole rings is 1. The van der Waals surface area contributed by atoms with Gasteiger partial charge in [0.25, 0.3) is 0 Å². The van der Waals surface area contributed by atoms with Gasteiger partial charge in [-0.2, -0.15) is 0 Å². The fraction of sp³-hybridized carbons (Fsp3) is 0.467. The molecule has 0 spiro atoms. The van der Waals surface area contributed by atoms with E-state index in [0.717, 1.165) is 48.2 Å². The lowest BCUT2D eigenvalue weighted by atomic mass is 10.4. The van der Waals surface area contributed by atoms with Crippen LogP contribution >= 0.6 is 11.3 Å². The predicted octanol–water partition coefficient (Wildman–Crippen LogP) is 2.87. The van der Waals surface area contributed by atoms with Crippen molar-refractivity contribution in [2.45, 2.75) is 46.7 Å². The van der Waals surface area contributed by atoms with E-state index in [4.69, 9.17) is 0 Å². The average molecular weight is 316 g/mol. The molecule has 3 aromatic rings. The fourth-order valence-corrected chi connectivity index (χ4v) is 3.25. The first-order valence-electron chi connectivity index (χ1n) is 7.52. The highest BCUT2D eigenvalue weighted by atomic mass is 32.1. The summed E-state index contributed by atoms with van der Waals surface area (Å²) in [6, 6.07) is 0. The summed E-state index contributed by atoms with van der Waals surface area (Å²) in [5.74, 6) is 0.883. The van der Waals surface area contributed by atoms with Crippen LogP contribution in [0.4, 0.5) is 0 Å². The van der Waals surface area contributed by atoms with E-state index in [-0.39, 0.29) is 0 Å². The largest absolute Gasteiger partial charge is 0.330 e. The Labute approximate surface area is 133 Å². The molecule has 0 aliphatic carbocycles. The van der Waals surface area contributed by atoms with Gasteiger partial charge < -0.3 is 4.57 Å². The van der Waals surface area contributed by atoms with Gasteiger partial charge in [-0.05, 0) is 20.3 Å². The molecule has 0 saturated carbocycles. The molecule has 0 bridgehead atoms. The van der Waals surface area contributed by atoms with Crippen LogP contribution in [0.2, 0.25) is 0 Å². The van der Waals surface area contributed by atoms with Gasteiger partial charge in [0.15, 0.2) is 5.82 Å². The smallest absolute Gasteiger partial charge is 0.162 e. The van der Waals surface area contributed by atoms with Crippen molar-refractivity contribution in [2.75, 3.05) is 0 Å². The molecule has 0 amide bonds. The summed E-state index contributed by atoms with van der Waals surface area (Å²) in [5.41, 5.74) is 1.95. The number of rotatable bonds is 6. The highest BCUT2D eigenvalue weighted by molar-refractivity contribution is 7.11. The van der Waals surface area contributed by atoms with Gasteiger partial charge in [-0.3, -0.25) is 4.68 Å². The normalized spacial score (nSPS) is 11.2. The maximum absolute atomic E-state index is 4.56. The van der Waals surface area contributed by atoms with Gasteiger partial charge in [-0.15, -0.1) is 16.4 Å². The van der Waals surface area contributed by atoms with Gasteiger partial charge in [-0.25, -0.2) is 9.97 Å². The summed E-state index contributed by atoms with van der Waals surface area (Å²) in [7, 11) is 0. The molecule has 0 fully saturated rings. The minimum Gasteiger partial charge on any atom is -0.330 e. The number of hydrogen-bond donors (Lipinski definition) is 0. The highest BCUT2D eigenvalue weighted by Crippen LogP contribution is 2.18. The molecule has 7 heteroatoms. The summed E-state index contributed by atoms with van der Waals surface area (Å²) in [6.45, 7) is 8.04. The molecule has 0 radical (unpaired) electrons. The van der Waals surface area contributed by atoms with Crippen molar-refractivity contribution in [3.05, 3.63) is 34.2 Å². The lowest BCUT2D eigenvalue weighted by molar-refractivity contribution is 0.587. The Balaban J connectivity index is 1.69. The standard InChI is InChI=1S/C15H20N6S/c1-4-7-20-9-6-16-15(20)13-10-21(19-18-13)8-5-14-17-11(2)12(3)22-14/h6,9-10H,4-5,7-8H2,1-3H3. The third-order valence-electron chi connectivity index (χ3n) is 3.58. The Bertz CT molecular complexity index is 734. The highest BCUT2D eigenvalue weighted by Gasteiger charge is 2.10. The first-order valence-corrected chi connectivity index (χ1v) is 8.33. The molecule has 6 nitrogen and oxygen atoms in total. The van der Waals surface area contributed by atoms with Crippen LogP contribution in [0.5, 0.6) is 0 Å². The van der Waals surface area contributed by atoms with Crippen LogP contribution in [0.1, 0.15) is 28.9 Å². The minimum atomic E-state index is 0.786. The van der Waals surface area contributed by atoms with Gasteiger partial charge >= 0.3 is 0 Å². The summed E-state index contributed by atoms with van der Waals surface area (Å²) in [5, 5.41) is 9.61. The van der Waals surface area contributed by atoms with E-state index in [9.17, 15) is 0 Å². The van der Waals surface area contributed by atoms with E-state index in [1.54, 1.807) is 11.3 Å². The zero-order valence-corrected chi connectivity index (χ0v) is 14.0. The molecule has 3 rings (SSSR count). The molecule has 0 unspecified atom stereocenters. The Morgan fingerprint density at radius 2 is 2.09 bits per heavy atom. The van der Waals surface area contributed by atoms with Crippen molar-refractivity contribution in [1.82, 2.24) is 29.5 Å². The van der Waals surface area contributed by atoms with E-state index in [1.807, 2.05) is 23.3 Å². The predicted molar refractivity (Wildman–Crippen MR) is 86.8 cm³/mol. The number of nitrogens with zero attached hydrogens (tertiary/aromatic N) is 6. The second-order valence-corrected chi connectivity index (χ2v) is 6.60. The SMILES string of the molecule is CCCn1ccnc1-c1cn(CCc2nc(C)c(C)s2)nn1. The van der Waals surface area contributed by atoms with E-state index in [2.05, 4.69) is 45.6 Å². The maximum Gasteiger partial charge on any atom is 0.162 e. The van der Waals surface area contributed by atoms with Crippen LogP contribution in [-0.4, -0.2) is 29.5 Å². The van der Waals surface area contributed by atoms with Crippen molar-refractivity contribution in [2.24, 2.45) is 0 Å². The van der Waals surface area contributed by atoms with Crippen LogP contribution in [0.25, 0.3) is 11.5 Å². The summed E-state index contributed by atoms with van der Waals surface area (Å²) >= 11 is 1.76. The second-order valence-electron chi connectivity index (χ2n) is 5.31. The lowest BCUT2D eigenvalue weighted by Crippen LogP contribution is -2.02. The lowest BCUT2D eigenvalue weighted by Gasteiger charge is -2.02. The van der Waals surface area contributed by atoms with E-state index < -0.39 is 0 Å². The maximum atomic E-state index is 4.56. The fourth-order valence-electron chi connectivity index (χ4n) is 2.33. The zero-order valence-electron chi connectivity index (χ0n) is 13.2. The topological polar surface area (TPSA) is 61.4 Å². The van der Waals surface area contributed by atoms with Crippen molar-refractivity contribution >= 4 is 11.3 Å². The van der Waals surface area contributed by atoms with Crippen LogP contribution < -0.4 is 0 Å². The van der Waals surface area contributed by atoms with Gasteiger partial charge in [-0.1, -0.05) is 12.1 Å². The van der Waals surface area contributed by atoms with E-state index in [1.165, 1.54) is 4.88 Å². The van der Waals surface area contributed by atoms with Gasteiger partial charge in [0.05, 0.1) is 16.9 Å². The zero-order chi connectivity index (χ0) is 15.5. The minimum absolute atomic E-state index is 0.786. The second kappa shape index (κ2) is 6.39. The third kappa shape index (κ3) is 3.09. The van der Waals surface area contributed by atoms with Gasteiger partial charge in [0.2, 0.25) is 0 Å². The van der Waals surface area contributed by atoms with Crippen LogP contribution in [0.15, 0.2) is 18.6 Å². The Morgan fingerprint density at radius 3 is 2.82 bits per heavy atom. The number of aromatic nitrogens is 6. The Morgan fingerprint density at radius 1 is 1.23 bits per heavy atom. The number of thiazole rings is 1. The first kappa shape index (κ1) is 14.9. The molecular formula is C15H20N6S. The first-order chi connectivity index (χ1) is 10.7. The summed E-state index contributed by atoms with van der Waals surface area (Å²) < 4.78 is 3.98. The quantitative estimate of drug-likeness (QED) is 0.701. The molecule has 22 heavy (non-hydrogen) atoms. The molecule has 3 heterocycles. The van der Waals surface area contributed by atoms with E-state index >= 15 is 0 Å². The van der Waals surface area contributed by atoms with Crippen LogP contribution in [0, 0.1) is 13.8 Å². The third-order valence-corrected chi connectivity index (χ3v) is 4.71. The molecular weight excluding hydrogens is 296 g/mol. The van der Waals surface area contributed by atoms with Crippen molar-refractivity contribution in [3.63, 3.8) is 0 Å². The summed E-state index contributed by atoms with van der Waals surface area (Å²) in [4.78, 5) is 10.2. The molecule has 0 aliphatic heterocycles. The average Bonchev–Trinajstić information content (AvgIpc) is 3.19. The van der Waals surface area contributed by atoms with Crippen LogP contribution in [0.3, 0.4) is 0 Å². The molecule has 0 N–H and O–H groups in total. The number of hydrogen-bond acceptors (Lipinski definition) is 5. The molecule has 0 atom stereocenters.